The Morgan fingerprint density at radius 3 is 2.08 bits per heavy atom. The number of ether oxygens (including phenoxy) is 6. The third-order valence-electron chi connectivity index (χ3n) is 7.32. The van der Waals surface area contributed by atoms with Gasteiger partial charge in [0.2, 0.25) is 0 Å². The van der Waals surface area contributed by atoms with Gasteiger partial charge < -0.3 is 33.5 Å². The van der Waals surface area contributed by atoms with Crippen molar-refractivity contribution in [1.82, 2.24) is 0 Å². The Labute approximate surface area is 230 Å². The zero-order valence-corrected chi connectivity index (χ0v) is 23.3. The van der Waals surface area contributed by atoms with E-state index in [1.165, 1.54) is 0 Å². The quantitative estimate of drug-likeness (QED) is 0.311. The Bertz CT molecular complexity index is 1240. The summed E-state index contributed by atoms with van der Waals surface area (Å²) >= 11 is 0. The molecule has 1 heterocycles. The highest BCUT2D eigenvalue weighted by atomic mass is 16.5. The number of aliphatic hydroxyl groups is 1. The van der Waals surface area contributed by atoms with E-state index in [4.69, 9.17) is 28.4 Å². The van der Waals surface area contributed by atoms with Gasteiger partial charge in [0.1, 0.15) is 5.75 Å². The second-order valence-corrected chi connectivity index (χ2v) is 9.59. The molecule has 3 aromatic rings. The summed E-state index contributed by atoms with van der Waals surface area (Å²) in [6.07, 6.45) is 5.00. The third kappa shape index (κ3) is 6.67. The first-order chi connectivity index (χ1) is 19.0. The Balaban J connectivity index is 1.57. The molecule has 4 atom stereocenters. The van der Waals surface area contributed by atoms with Crippen LogP contribution in [0.2, 0.25) is 0 Å². The third-order valence-corrected chi connectivity index (χ3v) is 7.32. The fraction of sp³-hybridized carbons (Fsp3) is 0.375. The Morgan fingerprint density at radius 1 is 0.795 bits per heavy atom. The lowest BCUT2D eigenvalue weighted by molar-refractivity contribution is -0.0901. The van der Waals surface area contributed by atoms with E-state index < -0.39 is 6.10 Å². The van der Waals surface area contributed by atoms with Crippen molar-refractivity contribution in [2.75, 3.05) is 42.2 Å². The van der Waals surface area contributed by atoms with Crippen molar-refractivity contribution in [2.45, 2.75) is 25.0 Å². The monoisotopic (exact) mass is 534 g/mol. The average Bonchev–Trinajstić information content (AvgIpc) is 3.00. The molecule has 7 nitrogen and oxygen atoms in total. The SMILES string of the molecule is COc1ccc([C@H](O)[C@H]2CO[C@H](c3ccc(OC)c(OC)c3)[C@@H](C/C=C/c3ccc(OC)c(OC)c3)C2)cc1. The van der Waals surface area contributed by atoms with E-state index in [2.05, 4.69) is 12.2 Å². The van der Waals surface area contributed by atoms with Crippen molar-refractivity contribution in [3.05, 3.63) is 83.4 Å². The van der Waals surface area contributed by atoms with Crippen LogP contribution in [0.1, 0.15) is 41.7 Å². The number of methoxy groups -OCH3 is 5. The summed E-state index contributed by atoms with van der Waals surface area (Å²) in [6, 6.07) is 19.3. The highest BCUT2D eigenvalue weighted by molar-refractivity contribution is 5.56. The molecule has 3 aromatic carbocycles. The molecule has 0 bridgehead atoms. The zero-order chi connectivity index (χ0) is 27.8. The van der Waals surface area contributed by atoms with E-state index >= 15 is 0 Å². The van der Waals surface area contributed by atoms with Crippen LogP contribution < -0.4 is 23.7 Å². The number of hydrogen-bond donors (Lipinski definition) is 1. The molecule has 0 radical (unpaired) electrons. The van der Waals surface area contributed by atoms with Gasteiger partial charge >= 0.3 is 0 Å². The van der Waals surface area contributed by atoms with Crippen LogP contribution >= 0.6 is 0 Å². The maximum absolute atomic E-state index is 11.2. The normalized spacial score (nSPS) is 19.9. The highest BCUT2D eigenvalue weighted by Crippen LogP contribution is 2.44. The predicted octanol–water partition coefficient (Wildman–Crippen LogP) is 6.26. The predicted molar refractivity (Wildman–Crippen MR) is 151 cm³/mol. The molecule has 7 heteroatoms. The molecule has 0 amide bonds. The van der Waals surface area contributed by atoms with Gasteiger partial charge in [0, 0.05) is 5.92 Å². The first-order valence-corrected chi connectivity index (χ1v) is 13.0. The molecular weight excluding hydrogens is 496 g/mol. The van der Waals surface area contributed by atoms with Gasteiger partial charge in [0.25, 0.3) is 0 Å². The van der Waals surface area contributed by atoms with Crippen molar-refractivity contribution < 1.29 is 33.5 Å². The minimum Gasteiger partial charge on any atom is -0.497 e. The lowest BCUT2D eigenvalue weighted by Gasteiger charge is -2.38. The molecule has 1 saturated heterocycles. The second-order valence-electron chi connectivity index (χ2n) is 9.59. The molecule has 1 aliphatic heterocycles. The minimum atomic E-state index is -0.639. The standard InChI is InChI=1S/C32H38O7/c1-34-26-13-10-22(11-14-26)31(33)25-18-23(8-6-7-21-9-15-27(35-2)29(17-21)37-4)32(39-20-25)24-12-16-28(36-3)30(19-24)38-5/h6-7,9-17,19,23,25,31-33H,8,18,20H2,1-5H3/b7-6+/t23-,25+,31-,32-/m0/s1. The van der Waals surface area contributed by atoms with Crippen LogP contribution in [0.25, 0.3) is 6.08 Å². The van der Waals surface area contributed by atoms with E-state index in [9.17, 15) is 5.11 Å². The molecule has 1 aliphatic rings. The zero-order valence-electron chi connectivity index (χ0n) is 23.3. The number of hydrogen-bond acceptors (Lipinski definition) is 7. The summed E-state index contributed by atoms with van der Waals surface area (Å²) in [5.41, 5.74) is 2.89. The van der Waals surface area contributed by atoms with Crippen molar-refractivity contribution >= 4 is 6.08 Å². The van der Waals surface area contributed by atoms with E-state index in [1.54, 1.807) is 35.5 Å². The van der Waals surface area contributed by atoms with Gasteiger partial charge in [-0.1, -0.05) is 36.4 Å². The molecular formula is C32H38O7. The molecule has 0 saturated carbocycles. The van der Waals surface area contributed by atoms with Gasteiger partial charge in [-0.05, 0) is 71.8 Å². The lowest BCUT2D eigenvalue weighted by Crippen LogP contribution is -2.32. The summed E-state index contributed by atoms with van der Waals surface area (Å²) in [5, 5.41) is 11.2. The molecule has 39 heavy (non-hydrogen) atoms. The van der Waals surface area contributed by atoms with Gasteiger partial charge in [-0.3, -0.25) is 0 Å². The van der Waals surface area contributed by atoms with Crippen LogP contribution in [0, 0.1) is 11.8 Å². The van der Waals surface area contributed by atoms with Crippen molar-refractivity contribution in [2.24, 2.45) is 11.8 Å². The lowest BCUT2D eigenvalue weighted by atomic mass is 9.79. The first-order valence-electron chi connectivity index (χ1n) is 13.0. The maximum Gasteiger partial charge on any atom is 0.161 e. The molecule has 4 rings (SSSR count). The summed E-state index contributed by atoms with van der Waals surface area (Å²) in [5.74, 6) is 3.57. The van der Waals surface area contributed by atoms with Crippen LogP contribution in [0.15, 0.2) is 66.7 Å². The molecule has 208 valence electrons. The van der Waals surface area contributed by atoms with Gasteiger partial charge in [-0.15, -0.1) is 0 Å². The summed E-state index contributed by atoms with van der Waals surface area (Å²) in [6.45, 7) is 0.447. The van der Waals surface area contributed by atoms with Crippen LogP contribution in [-0.2, 0) is 4.74 Å². The largest absolute Gasteiger partial charge is 0.497 e. The van der Waals surface area contributed by atoms with E-state index in [1.807, 2.05) is 60.7 Å². The van der Waals surface area contributed by atoms with E-state index in [0.29, 0.717) is 29.6 Å². The van der Waals surface area contributed by atoms with E-state index in [0.717, 1.165) is 35.3 Å². The Kier molecular flexibility index (Phi) is 9.74. The number of allylic oxidation sites excluding steroid dienone is 1. The van der Waals surface area contributed by atoms with Crippen LogP contribution in [0.5, 0.6) is 28.7 Å². The number of benzene rings is 3. The van der Waals surface area contributed by atoms with Gasteiger partial charge in [-0.2, -0.15) is 0 Å². The summed E-state index contributed by atoms with van der Waals surface area (Å²) in [4.78, 5) is 0. The van der Waals surface area contributed by atoms with Crippen molar-refractivity contribution in [1.29, 1.82) is 0 Å². The van der Waals surface area contributed by atoms with Gasteiger partial charge in [0.15, 0.2) is 23.0 Å². The van der Waals surface area contributed by atoms with Gasteiger partial charge in [-0.25, -0.2) is 0 Å². The van der Waals surface area contributed by atoms with Gasteiger partial charge in [0.05, 0.1) is 54.4 Å². The van der Waals surface area contributed by atoms with Crippen LogP contribution in [0.4, 0.5) is 0 Å². The average molecular weight is 535 g/mol. The Morgan fingerprint density at radius 2 is 1.44 bits per heavy atom. The van der Waals surface area contributed by atoms with Crippen LogP contribution in [0.3, 0.4) is 0 Å². The Hall–Kier alpha value is -3.68. The van der Waals surface area contributed by atoms with Crippen molar-refractivity contribution in [3.63, 3.8) is 0 Å². The highest BCUT2D eigenvalue weighted by Gasteiger charge is 2.36. The van der Waals surface area contributed by atoms with Crippen LogP contribution in [-0.4, -0.2) is 47.3 Å². The van der Waals surface area contributed by atoms with E-state index in [-0.39, 0.29) is 17.9 Å². The molecule has 0 unspecified atom stereocenters. The fourth-order valence-electron chi connectivity index (χ4n) is 5.19. The second kappa shape index (κ2) is 13.4. The topological polar surface area (TPSA) is 75.6 Å². The van der Waals surface area contributed by atoms with Crippen molar-refractivity contribution in [3.8, 4) is 28.7 Å². The smallest absolute Gasteiger partial charge is 0.161 e. The summed E-state index contributed by atoms with van der Waals surface area (Å²) < 4.78 is 33.5. The maximum atomic E-state index is 11.2. The molecule has 1 fully saturated rings. The first kappa shape index (κ1) is 28.3. The number of rotatable bonds is 11. The fourth-order valence-corrected chi connectivity index (χ4v) is 5.19. The summed E-state index contributed by atoms with van der Waals surface area (Å²) in [7, 11) is 8.15. The molecule has 0 spiro atoms. The number of aliphatic hydroxyl groups excluding tert-OH is 1. The molecule has 0 aliphatic carbocycles. The molecule has 0 aromatic heterocycles. The molecule has 1 N–H and O–H groups in total. The minimum absolute atomic E-state index is 0.0470.